The van der Waals surface area contributed by atoms with E-state index in [4.69, 9.17) is 0 Å². The second-order valence-corrected chi connectivity index (χ2v) is 6.96. The van der Waals surface area contributed by atoms with E-state index < -0.39 is 41.3 Å². The first kappa shape index (κ1) is 16.8. The zero-order valence-electron chi connectivity index (χ0n) is 13.7. The van der Waals surface area contributed by atoms with Gasteiger partial charge in [-0.25, -0.2) is 4.90 Å². The van der Waals surface area contributed by atoms with Crippen LogP contribution in [0.2, 0.25) is 0 Å². The minimum atomic E-state index is -4.68. The number of fused-ring (bicyclic) bond motifs is 5. The average molecular weight is 364 g/mol. The Kier molecular flexibility index (Phi) is 3.51. The summed E-state index contributed by atoms with van der Waals surface area (Å²) in [7, 11) is 0. The van der Waals surface area contributed by atoms with Crippen molar-refractivity contribution in [3.8, 4) is 0 Å². The molecule has 1 saturated heterocycles. The number of halogens is 3. The van der Waals surface area contributed by atoms with Crippen LogP contribution in [-0.2, 0) is 20.6 Å². The Bertz CT molecular complexity index is 832. The molecule has 1 N–H and O–H groups in total. The predicted molar refractivity (Wildman–Crippen MR) is 86.0 cm³/mol. The van der Waals surface area contributed by atoms with Gasteiger partial charge in [0.05, 0.1) is 23.1 Å². The second kappa shape index (κ2) is 5.43. The smallest absolute Gasteiger partial charge is 0.326 e. The third-order valence-corrected chi connectivity index (χ3v) is 5.29. The van der Waals surface area contributed by atoms with Crippen molar-refractivity contribution in [1.29, 1.82) is 0 Å². The molecule has 4 atom stereocenters. The fourth-order valence-corrected chi connectivity index (χ4v) is 4.34. The van der Waals surface area contributed by atoms with Crippen LogP contribution in [0.1, 0.15) is 18.9 Å². The first-order valence-electron chi connectivity index (χ1n) is 8.23. The number of benzene rings is 1. The van der Waals surface area contributed by atoms with Crippen LogP contribution in [-0.4, -0.2) is 17.7 Å². The van der Waals surface area contributed by atoms with Gasteiger partial charge in [-0.2, -0.15) is 13.2 Å². The van der Waals surface area contributed by atoms with Crippen molar-refractivity contribution < 1.29 is 27.6 Å². The van der Waals surface area contributed by atoms with Gasteiger partial charge in [-0.1, -0.05) is 12.2 Å². The zero-order valence-corrected chi connectivity index (χ0v) is 13.7. The van der Waals surface area contributed by atoms with Gasteiger partial charge in [0, 0.05) is 12.6 Å². The molecule has 1 aliphatic heterocycles. The fraction of sp³-hybridized carbons (Fsp3) is 0.389. The number of nitrogens with one attached hydrogen (secondary N) is 1. The van der Waals surface area contributed by atoms with Gasteiger partial charge in [-0.15, -0.1) is 0 Å². The number of imide groups is 1. The SMILES string of the molecule is CC(=O)Nc1cc(N2C(=O)[C@@H]3[C@H](C2=O)[C@@H]2C=C[C@H]3C2)cc(C(F)(F)F)c1. The highest BCUT2D eigenvalue weighted by molar-refractivity contribution is 6.23. The molecular formula is C18H15F3N2O3. The largest absolute Gasteiger partial charge is 0.416 e. The minimum absolute atomic E-state index is 0.0351. The van der Waals surface area contributed by atoms with Crippen molar-refractivity contribution in [2.75, 3.05) is 10.2 Å². The number of rotatable bonds is 2. The van der Waals surface area contributed by atoms with Crippen LogP contribution in [0.25, 0.3) is 0 Å². The van der Waals surface area contributed by atoms with Crippen LogP contribution in [0.4, 0.5) is 24.5 Å². The van der Waals surface area contributed by atoms with Crippen LogP contribution in [0, 0.1) is 23.7 Å². The van der Waals surface area contributed by atoms with E-state index in [1.165, 1.54) is 13.0 Å². The summed E-state index contributed by atoms with van der Waals surface area (Å²) in [6.45, 7) is 1.17. The topological polar surface area (TPSA) is 66.5 Å². The molecule has 1 saturated carbocycles. The summed E-state index contributed by atoms with van der Waals surface area (Å²) in [5.41, 5.74) is -1.30. The maximum atomic E-state index is 13.2. The Hall–Kier alpha value is -2.64. The first-order valence-corrected chi connectivity index (χ1v) is 8.23. The molecule has 1 aromatic rings. The Morgan fingerprint density at radius 2 is 1.65 bits per heavy atom. The van der Waals surface area contributed by atoms with E-state index >= 15 is 0 Å². The molecule has 3 amide bonds. The van der Waals surface area contributed by atoms with Crippen molar-refractivity contribution in [1.82, 2.24) is 0 Å². The molecule has 0 unspecified atom stereocenters. The summed E-state index contributed by atoms with van der Waals surface area (Å²) in [6, 6.07) is 2.78. The van der Waals surface area contributed by atoms with Crippen molar-refractivity contribution in [2.24, 2.45) is 23.7 Å². The summed E-state index contributed by atoms with van der Waals surface area (Å²) in [5.74, 6) is -2.56. The maximum absolute atomic E-state index is 13.2. The number of alkyl halides is 3. The van der Waals surface area contributed by atoms with Gasteiger partial charge in [0.2, 0.25) is 17.7 Å². The predicted octanol–water partition coefficient (Wildman–Crippen LogP) is 2.98. The van der Waals surface area contributed by atoms with Crippen molar-refractivity contribution in [3.63, 3.8) is 0 Å². The quantitative estimate of drug-likeness (QED) is 0.648. The third-order valence-electron chi connectivity index (χ3n) is 5.29. The number of hydrogen-bond acceptors (Lipinski definition) is 3. The molecule has 1 heterocycles. The Morgan fingerprint density at radius 1 is 1.08 bits per heavy atom. The molecule has 26 heavy (non-hydrogen) atoms. The second-order valence-electron chi connectivity index (χ2n) is 6.96. The van der Waals surface area contributed by atoms with Crippen molar-refractivity contribution in [3.05, 3.63) is 35.9 Å². The molecule has 2 bridgehead atoms. The first-order chi connectivity index (χ1) is 12.2. The highest BCUT2D eigenvalue weighted by Gasteiger charge is 2.59. The normalized spacial score (nSPS) is 29.5. The molecule has 0 aromatic heterocycles. The standard InChI is InChI=1S/C18H15F3N2O3/c1-8(24)22-12-5-11(18(19,20)21)6-13(7-12)23-16(25)14-9-2-3-10(4-9)15(14)17(23)26/h2-3,5-7,9-10,14-15H,4H2,1H3,(H,22,24)/t9-,10+,14-,15+. The molecule has 0 radical (unpaired) electrons. The summed E-state index contributed by atoms with van der Waals surface area (Å²) in [4.78, 5) is 37.7. The van der Waals surface area contributed by atoms with E-state index in [9.17, 15) is 27.6 Å². The van der Waals surface area contributed by atoms with Gasteiger partial charge in [0.25, 0.3) is 0 Å². The van der Waals surface area contributed by atoms with Gasteiger partial charge in [0.1, 0.15) is 0 Å². The number of amides is 3. The van der Waals surface area contributed by atoms with E-state index in [1.807, 2.05) is 12.2 Å². The summed E-state index contributed by atoms with van der Waals surface area (Å²) < 4.78 is 39.7. The molecule has 2 aliphatic carbocycles. The Morgan fingerprint density at radius 3 is 2.15 bits per heavy atom. The minimum Gasteiger partial charge on any atom is -0.326 e. The molecule has 3 aliphatic rings. The number of anilines is 2. The molecular weight excluding hydrogens is 349 g/mol. The van der Waals surface area contributed by atoms with E-state index in [1.54, 1.807) is 0 Å². The fourth-order valence-electron chi connectivity index (χ4n) is 4.34. The lowest BCUT2D eigenvalue weighted by molar-refractivity contribution is -0.137. The van der Waals surface area contributed by atoms with Crippen LogP contribution < -0.4 is 10.2 Å². The number of carbonyl (C=O) groups is 3. The van der Waals surface area contributed by atoms with Gasteiger partial charge in [0.15, 0.2) is 0 Å². The zero-order chi connectivity index (χ0) is 18.8. The van der Waals surface area contributed by atoms with Crippen molar-refractivity contribution in [2.45, 2.75) is 19.5 Å². The molecule has 8 heteroatoms. The number of allylic oxidation sites excluding steroid dienone is 2. The van der Waals surface area contributed by atoms with Crippen LogP contribution in [0.15, 0.2) is 30.4 Å². The molecule has 0 spiro atoms. The summed E-state index contributed by atoms with van der Waals surface area (Å²) >= 11 is 0. The molecule has 2 fully saturated rings. The summed E-state index contributed by atoms with van der Waals surface area (Å²) in [5, 5.41) is 2.29. The number of hydrogen-bond donors (Lipinski definition) is 1. The Labute approximate surface area is 146 Å². The van der Waals surface area contributed by atoms with Crippen LogP contribution >= 0.6 is 0 Å². The van der Waals surface area contributed by atoms with Gasteiger partial charge < -0.3 is 5.32 Å². The van der Waals surface area contributed by atoms with E-state index in [-0.39, 0.29) is 23.2 Å². The highest BCUT2D eigenvalue weighted by atomic mass is 19.4. The van der Waals surface area contributed by atoms with Gasteiger partial charge in [-0.05, 0) is 36.5 Å². The Balaban J connectivity index is 1.77. The molecule has 136 valence electrons. The van der Waals surface area contributed by atoms with Crippen molar-refractivity contribution >= 4 is 29.1 Å². The van der Waals surface area contributed by atoms with Gasteiger partial charge in [-0.3, -0.25) is 14.4 Å². The monoisotopic (exact) mass is 364 g/mol. The number of nitrogens with zero attached hydrogens (tertiary/aromatic N) is 1. The summed E-state index contributed by atoms with van der Waals surface area (Å²) in [6.07, 6.45) is -0.114. The number of carbonyl (C=O) groups excluding carboxylic acids is 3. The lowest BCUT2D eigenvalue weighted by Gasteiger charge is -2.20. The third kappa shape index (κ3) is 2.43. The highest BCUT2D eigenvalue weighted by Crippen LogP contribution is 2.53. The molecule has 5 nitrogen and oxygen atoms in total. The van der Waals surface area contributed by atoms with Gasteiger partial charge >= 0.3 is 6.18 Å². The lowest BCUT2D eigenvalue weighted by atomic mass is 9.85. The van der Waals surface area contributed by atoms with E-state index in [0.717, 1.165) is 23.5 Å². The van der Waals surface area contributed by atoms with Crippen LogP contribution in [0.3, 0.4) is 0 Å². The van der Waals surface area contributed by atoms with E-state index in [2.05, 4.69) is 5.32 Å². The molecule has 1 aromatic carbocycles. The average Bonchev–Trinajstić information content (AvgIpc) is 3.19. The lowest BCUT2D eigenvalue weighted by Crippen LogP contribution is -2.33. The maximum Gasteiger partial charge on any atom is 0.416 e. The van der Waals surface area contributed by atoms with E-state index in [0.29, 0.717) is 0 Å². The van der Waals surface area contributed by atoms with Crippen LogP contribution in [0.5, 0.6) is 0 Å². The molecule has 4 rings (SSSR count).